The van der Waals surface area contributed by atoms with Crippen molar-refractivity contribution in [3.05, 3.63) is 112 Å². The maximum atomic E-state index is 14.8. The molecular formula is C43H52ClN12O3S+. The fourth-order valence-electron chi connectivity index (χ4n) is 7.62. The summed E-state index contributed by atoms with van der Waals surface area (Å²) in [6, 6.07) is 20.9. The number of nitrogens with two attached hydrogens (primary N) is 3. The number of aromatic nitrogens is 2. The van der Waals surface area contributed by atoms with Gasteiger partial charge in [0.05, 0.1) is 11.1 Å². The summed E-state index contributed by atoms with van der Waals surface area (Å²) >= 11 is 8.50. The second-order valence-electron chi connectivity index (χ2n) is 14.9. The van der Waals surface area contributed by atoms with Crippen molar-refractivity contribution in [1.29, 1.82) is 0 Å². The molecular weight excluding hydrogens is 800 g/mol. The van der Waals surface area contributed by atoms with E-state index in [0.29, 0.717) is 72.5 Å². The molecule has 0 fully saturated rings. The Kier molecular flexibility index (Phi) is 14.5. The molecule has 0 bridgehead atoms. The van der Waals surface area contributed by atoms with Crippen LogP contribution in [0.3, 0.4) is 0 Å². The molecule has 0 saturated heterocycles. The zero-order valence-electron chi connectivity index (χ0n) is 33.5. The monoisotopic (exact) mass is 851 g/mol. The highest BCUT2D eigenvalue weighted by Gasteiger charge is 2.34. The maximum absolute atomic E-state index is 14.8. The maximum Gasteiger partial charge on any atom is 0.245 e. The van der Waals surface area contributed by atoms with E-state index in [1.165, 1.54) is 16.7 Å². The number of carbonyl (C=O) groups is 3. The van der Waals surface area contributed by atoms with Gasteiger partial charge in [-0.1, -0.05) is 77.4 Å². The van der Waals surface area contributed by atoms with Crippen LogP contribution in [-0.2, 0) is 33.9 Å². The molecule has 0 aliphatic carbocycles. The van der Waals surface area contributed by atoms with Gasteiger partial charge in [-0.3, -0.25) is 19.8 Å². The summed E-state index contributed by atoms with van der Waals surface area (Å²) in [5.74, 6) is -0.389. The lowest BCUT2D eigenvalue weighted by Gasteiger charge is -2.32. The summed E-state index contributed by atoms with van der Waals surface area (Å²) in [6.07, 6.45) is 6.48. The van der Waals surface area contributed by atoms with Crippen molar-refractivity contribution in [3.63, 3.8) is 0 Å². The fourth-order valence-corrected chi connectivity index (χ4v) is 8.97. The number of H-pyrrole nitrogens is 1. The van der Waals surface area contributed by atoms with E-state index in [9.17, 15) is 14.4 Å². The number of unbranched alkanes of at least 4 members (excludes halogenated alkanes) is 1. The van der Waals surface area contributed by atoms with E-state index in [2.05, 4.69) is 37.0 Å². The molecule has 2 aromatic heterocycles. The molecule has 7 rings (SSSR count). The Labute approximate surface area is 358 Å². The first-order valence-electron chi connectivity index (χ1n) is 20.2. The third-order valence-electron chi connectivity index (χ3n) is 10.9. The Bertz CT molecular complexity index is 2360. The highest BCUT2D eigenvalue weighted by molar-refractivity contribution is 7.99. The van der Waals surface area contributed by atoms with E-state index in [-0.39, 0.29) is 30.7 Å². The molecule has 3 atom stereocenters. The molecule has 17 heteroatoms. The third-order valence-corrected chi connectivity index (χ3v) is 12.6. The van der Waals surface area contributed by atoms with Gasteiger partial charge < -0.3 is 37.3 Å². The minimum absolute atomic E-state index is 0.0838. The largest absolute Gasteiger partial charge is 0.361 e. The van der Waals surface area contributed by atoms with Crippen molar-refractivity contribution in [2.75, 3.05) is 20.1 Å². The summed E-state index contributed by atoms with van der Waals surface area (Å²) < 4.78 is 0. The molecule has 12 N–H and O–H groups in total. The summed E-state index contributed by atoms with van der Waals surface area (Å²) in [6.45, 7) is 1.23. The smallest absolute Gasteiger partial charge is 0.245 e. The number of fused-ring (bicyclic) bond motifs is 3. The minimum atomic E-state index is -0.952. The van der Waals surface area contributed by atoms with Gasteiger partial charge in [0.25, 0.3) is 0 Å². The van der Waals surface area contributed by atoms with E-state index >= 15 is 0 Å². The first kappa shape index (κ1) is 42.8. The van der Waals surface area contributed by atoms with E-state index in [0.717, 1.165) is 44.3 Å². The van der Waals surface area contributed by atoms with Crippen molar-refractivity contribution in [2.24, 2.45) is 16.6 Å². The van der Waals surface area contributed by atoms with Crippen LogP contribution in [0.1, 0.15) is 54.4 Å². The molecule has 2 aliphatic rings. The average molecular weight is 852 g/mol. The molecule has 3 amide bonds. The lowest BCUT2D eigenvalue weighted by atomic mass is 9.97. The number of rotatable bonds is 11. The van der Waals surface area contributed by atoms with Crippen molar-refractivity contribution < 1.29 is 19.9 Å². The van der Waals surface area contributed by atoms with Gasteiger partial charge in [0.1, 0.15) is 17.1 Å². The number of nitrogens with one attached hydrogen (secondary N) is 6. The fraction of sp³-hybridized carbons (Fsp3) is 0.326. The Morgan fingerprint density at radius 2 is 1.72 bits per heavy atom. The first-order valence-corrected chi connectivity index (χ1v) is 21.4. The number of aromatic amines is 1. The van der Waals surface area contributed by atoms with Crippen LogP contribution in [0.15, 0.2) is 100 Å². The number of benzene rings is 3. The molecule has 60 heavy (non-hydrogen) atoms. The minimum Gasteiger partial charge on any atom is -0.361 e. The van der Waals surface area contributed by atoms with E-state index in [1.807, 2.05) is 79.0 Å². The lowest BCUT2D eigenvalue weighted by Crippen LogP contribution is -2.87. The number of hydrogen-bond acceptors (Lipinski definition) is 11. The third kappa shape index (κ3) is 9.99. The van der Waals surface area contributed by atoms with E-state index in [1.54, 1.807) is 18.8 Å². The Morgan fingerprint density at radius 3 is 2.53 bits per heavy atom. The van der Waals surface area contributed by atoms with Gasteiger partial charge in [0.2, 0.25) is 23.6 Å². The van der Waals surface area contributed by atoms with Gasteiger partial charge in [-0.25, -0.2) is 4.98 Å². The molecule has 15 nitrogen and oxygen atoms in total. The zero-order valence-corrected chi connectivity index (χ0v) is 35.0. The normalized spacial score (nSPS) is 19.2. The van der Waals surface area contributed by atoms with Gasteiger partial charge in [-0.2, -0.15) is 0 Å². The number of nitrogens with zero attached hydrogens (tertiary/aromatic N) is 3. The van der Waals surface area contributed by atoms with E-state index in [4.69, 9.17) is 28.1 Å². The number of amidine groups is 1. The number of hydrogen-bond donors (Lipinski definition) is 9. The van der Waals surface area contributed by atoms with E-state index < -0.39 is 18.1 Å². The average Bonchev–Trinajstić information content (AvgIpc) is 3.96. The van der Waals surface area contributed by atoms with Gasteiger partial charge in [-0.05, 0) is 102 Å². The van der Waals surface area contributed by atoms with Crippen LogP contribution in [0.4, 0.5) is 0 Å². The van der Waals surface area contributed by atoms with Crippen LogP contribution < -0.4 is 43.9 Å². The van der Waals surface area contributed by atoms with Crippen LogP contribution >= 0.6 is 23.4 Å². The Hall–Kier alpha value is -5.33. The summed E-state index contributed by atoms with van der Waals surface area (Å²) in [7, 11) is 1.63. The topological polar surface area (TPSA) is 224 Å². The van der Waals surface area contributed by atoms with Gasteiger partial charge in [0, 0.05) is 60.3 Å². The lowest BCUT2D eigenvalue weighted by molar-refractivity contribution is -0.713. The zero-order chi connectivity index (χ0) is 42.0. The number of amides is 3. The Balaban J connectivity index is 1.34. The molecule has 4 heterocycles. The summed E-state index contributed by atoms with van der Waals surface area (Å²) in [5, 5.41) is 16.3. The van der Waals surface area contributed by atoms with Gasteiger partial charge >= 0.3 is 0 Å². The second-order valence-corrected chi connectivity index (χ2v) is 16.3. The highest BCUT2D eigenvalue weighted by atomic mass is 35.5. The highest BCUT2D eigenvalue weighted by Crippen LogP contribution is 2.41. The van der Waals surface area contributed by atoms with Crippen molar-refractivity contribution >= 4 is 57.8 Å². The number of quaternary nitrogens is 1. The van der Waals surface area contributed by atoms with Gasteiger partial charge in [-0.15, -0.1) is 5.53 Å². The SMILES string of the molecule is CN1C(=O)[C@H](CCCCN)NC(=O)[C@H](CCCN)NCc2cccnc2Sc2c(Cl)ccc(-c3cccc(C4=N[NH2+]NN4)c3)c2CNC(=O)[C@@H]1Cc1c[nH]c2ccccc12. The number of hydrazine groups is 1. The van der Waals surface area contributed by atoms with Crippen molar-refractivity contribution in [3.8, 4) is 11.1 Å². The summed E-state index contributed by atoms with van der Waals surface area (Å²) in [4.78, 5) is 54.0. The second kappa shape index (κ2) is 20.3. The molecule has 3 aromatic carbocycles. The molecule has 314 valence electrons. The molecule has 0 radical (unpaired) electrons. The standard InChI is InChI=1S/C43H51ClN12O3S/c1-56-37(22-29-24-48-34-13-3-2-12-31(29)34)41(58)50-25-32-30(26-9-6-10-27(21-26)39-52-54-55-53-39)16-17-33(44)38(32)60-42-28(11-8-20-47-42)23-49-35(15-7-19-46)40(57)51-36(43(56)59)14-4-5-18-45/h2-3,6,8-13,16-17,20-21,24,35-37,48-49,54-55H,4-5,7,14-15,18-19,22-23,25,45-46H2,1H3,(H,50,58)(H,51,57)(H,52,53)/p+1/t35-,36-,37-/m0/s1. The van der Waals surface area contributed by atoms with Crippen molar-refractivity contribution in [2.45, 2.75) is 79.7 Å². The molecule has 0 spiro atoms. The molecule has 0 unspecified atom stereocenters. The first-order chi connectivity index (χ1) is 29.2. The van der Waals surface area contributed by atoms with Crippen LogP contribution in [0, 0.1) is 0 Å². The predicted molar refractivity (Wildman–Crippen MR) is 234 cm³/mol. The molecule has 0 saturated carbocycles. The van der Waals surface area contributed by atoms with Crippen molar-refractivity contribution in [1.82, 2.24) is 41.8 Å². The Morgan fingerprint density at radius 1 is 0.900 bits per heavy atom. The van der Waals surface area contributed by atoms with Crippen LogP contribution in [0.25, 0.3) is 22.0 Å². The molecule has 2 aliphatic heterocycles. The number of pyridine rings is 1. The number of halogens is 1. The van der Waals surface area contributed by atoms with Gasteiger partial charge in [0.15, 0.2) is 0 Å². The molecule has 5 aromatic rings. The number of likely N-dealkylation sites (N-methyl/N-ethyl adjacent to an activating group) is 1. The number of para-hydroxylation sites is 1. The number of carbonyl (C=O) groups excluding carboxylic acids is 3. The summed E-state index contributed by atoms with van der Waals surface area (Å²) in [5.41, 5.74) is 25.4. The quantitative estimate of drug-likeness (QED) is 0.0698. The van der Waals surface area contributed by atoms with Crippen LogP contribution in [0.2, 0.25) is 5.02 Å². The van der Waals surface area contributed by atoms with Crippen LogP contribution in [0.5, 0.6) is 0 Å². The van der Waals surface area contributed by atoms with Crippen LogP contribution in [-0.4, -0.2) is 76.7 Å². The predicted octanol–water partition coefficient (Wildman–Crippen LogP) is 2.79.